The molecule has 0 bridgehead atoms. The molecule has 0 aliphatic heterocycles. The highest BCUT2D eigenvalue weighted by Crippen LogP contribution is 2.03. The molecule has 0 radical (unpaired) electrons. The summed E-state index contributed by atoms with van der Waals surface area (Å²) < 4.78 is 1.75. The van der Waals surface area contributed by atoms with E-state index < -0.39 is 0 Å². The largest absolute Gasteiger partial charge is 0.352 e. The summed E-state index contributed by atoms with van der Waals surface area (Å²) in [6, 6.07) is 9.26. The molecule has 3 N–H and O–H groups in total. The smallest absolute Gasteiger partial charge is 0.251 e. The maximum atomic E-state index is 11.9. The molecule has 0 fully saturated rings. The number of benzene rings is 1. The van der Waals surface area contributed by atoms with Crippen LogP contribution in [0.5, 0.6) is 0 Å². The van der Waals surface area contributed by atoms with Crippen molar-refractivity contribution < 1.29 is 4.79 Å². The number of aryl methyl sites for hydroxylation is 1. The summed E-state index contributed by atoms with van der Waals surface area (Å²) in [7, 11) is 1.88. The van der Waals surface area contributed by atoms with Crippen LogP contribution >= 0.6 is 0 Å². The Morgan fingerprint density at radius 2 is 2.05 bits per heavy atom. The molecule has 2 rings (SSSR count). The first kappa shape index (κ1) is 13.3. The minimum absolute atomic E-state index is 0.0699. The molecular weight excluding hydrogens is 240 g/mol. The molecule has 1 heterocycles. The van der Waals surface area contributed by atoms with E-state index in [2.05, 4.69) is 10.4 Å². The molecule has 0 spiro atoms. The molecule has 0 saturated carbocycles. The summed E-state index contributed by atoms with van der Waals surface area (Å²) in [6.45, 7) is 1.07. The number of rotatable bonds is 5. The van der Waals surface area contributed by atoms with E-state index in [0.29, 0.717) is 18.7 Å². The van der Waals surface area contributed by atoms with Crippen molar-refractivity contribution in [3.63, 3.8) is 0 Å². The van der Waals surface area contributed by atoms with E-state index in [1.54, 1.807) is 16.8 Å². The standard InChI is InChI=1S/C14H18N4O/c1-18-9-7-13(17-18)6-8-16-14(19)12-4-2-11(10-15)3-5-12/h2-5,7,9H,6,8,10,15H2,1H3,(H,16,19). The number of hydrogen-bond acceptors (Lipinski definition) is 3. The number of nitrogens with one attached hydrogen (secondary N) is 1. The molecule has 0 saturated heterocycles. The van der Waals surface area contributed by atoms with Gasteiger partial charge in [-0.15, -0.1) is 0 Å². The second-order valence-corrected chi connectivity index (χ2v) is 4.39. The lowest BCUT2D eigenvalue weighted by Gasteiger charge is -2.05. The molecule has 100 valence electrons. The van der Waals surface area contributed by atoms with Crippen LogP contribution in [0.25, 0.3) is 0 Å². The predicted molar refractivity (Wildman–Crippen MR) is 73.6 cm³/mol. The predicted octanol–water partition coefficient (Wildman–Crippen LogP) is 0.851. The van der Waals surface area contributed by atoms with Gasteiger partial charge in [-0.3, -0.25) is 9.48 Å². The number of carbonyl (C=O) groups is 1. The van der Waals surface area contributed by atoms with Gasteiger partial charge in [0, 0.05) is 38.3 Å². The monoisotopic (exact) mass is 258 g/mol. The van der Waals surface area contributed by atoms with E-state index in [9.17, 15) is 4.79 Å². The van der Waals surface area contributed by atoms with Crippen molar-refractivity contribution in [2.24, 2.45) is 12.8 Å². The number of nitrogens with two attached hydrogens (primary N) is 1. The zero-order valence-corrected chi connectivity index (χ0v) is 11.0. The fourth-order valence-electron chi connectivity index (χ4n) is 1.79. The number of amides is 1. The zero-order valence-electron chi connectivity index (χ0n) is 11.0. The van der Waals surface area contributed by atoms with Gasteiger partial charge in [0.05, 0.1) is 5.69 Å². The Hall–Kier alpha value is -2.14. The third-order valence-corrected chi connectivity index (χ3v) is 2.89. The van der Waals surface area contributed by atoms with Crippen molar-refractivity contribution in [2.75, 3.05) is 6.54 Å². The van der Waals surface area contributed by atoms with Crippen LogP contribution in [0.3, 0.4) is 0 Å². The van der Waals surface area contributed by atoms with Gasteiger partial charge < -0.3 is 11.1 Å². The number of hydrogen-bond donors (Lipinski definition) is 2. The Bertz CT molecular complexity index is 545. The van der Waals surface area contributed by atoms with Gasteiger partial charge in [-0.05, 0) is 23.8 Å². The quantitative estimate of drug-likeness (QED) is 0.835. The maximum absolute atomic E-state index is 11.9. The first-order chi connectivity index (χ1) is 9.19. The zero-order chi connectivity index (χ0) is 13.7. The number of nitrogens with zero attached hydrogens (tertiary/aromatic N) is 2. The summed E-state index contributed by atoms with van der Waals surface area (Å²) in [5, 5.41) is 7.13. The highest BCUT2D eigenvalue weighted by atomic mass is 16.1. The van der Waals surface area contributed by atoms with Gasteiger partial charge in [0.2, 0.25) is 0 Å². The second kappa shape index (κ2) is 6.15. The van der Waals surface area contributed by atoms with Gasteiger partial charge in [0.1, 0.15) is 0 Å². The van der Waals surface area contributed by atoms with Crippen LogP contribution in [0.4, 0.5) is 0 Å². The fourth-order valence-corrected chi connectivity index (χ4v) is 1.79. The van der Waals surface area contributed by atoms with Gasteiger partial charge in [-0.1, -0.05) is 12.1 Å². The van der Waals surface area contributed by atoms with Crippen LogP contribution in [0.1, 0.15) is 21.6 Å². The van der Waals surface area contributed by atoms with E-state index in [1.807, 2.05) is 31.4 Å². The molecule has 1 amide bonds. The average Bonchev–Trinajstić information content (AvgIpc) is 2.84. The summed E-state index contributed by atoms with van der Waals surface area (Å²) in [4.78, 5) is 11.9. The van der Waals surface area contributed by atoms with Crippen LogP contribution in [0.15, 0.2) is 36.5 Å². The minimum Gasteiger partial charge on any atom is -0.352 e. The van der Waals surface area contributed by atoms with E-state index in [1.165, 1.54) is 0 Å². The molecule has 2 aromatic rings. The first-order valence-electron chi connectivity index (χ1n) is 6.25. The third-order valence-electron chi connectivity index (χ3n) is 2.89. The van der Waals surface area contributed by atoms with E-state index in [0.717, 1.165) is 17.7 Å². The molecular formula is C14H18N4O. The van der Waals surface area contributed by atoms with Crippen molar-refractivity contribution in [3.8, 4) is 0 Å². The summed E-state index contributed by atoms with van der Waals surface area (Å²) in [6.07, 6.45) is 2.62. The second-order valence-electron chi connectivity index (χ2n) is 4.39. The number of carbonyl (C=O) groups excluding carboxylic acids is 1. The van der Waals surface area contributed by atoms with Crippen LogP contribution in [-0.4, -0.2) is 22.2 Å². The SMILES string of the molecule is Cn1ccc(CCNC(=O)c2ccc(CN)cc2)n1. The lowest BCUT2D eigenvalue weighted by Crippen LogP contribution is -2.25. The van der Waals surface area contributed by atoms with Crippen molar-refractivity contribution in [2.45, 2.75) is 13.0 Å². The van der Waals surface area contributed by atoms with E-state index in [-0.39, 0.29) is 5.91 Å². The molecule has 19 heavy (non-hydrogen) atoms. The number of aromatic nitrogens is 2. The Kier molecular flexibility index (Phi) is 4.30. The summed E-state index contributed by atoms with van der Waals surface area (Å²) in [5.74, 6) is -0.0699. The van der Waals surface area contributed by atoms with Gasteiger partial charge in [0.25, 0.3) is 5.91 Å². The van der Waals surface area contributed by atoms with Crippen LogP contribution < -0.4 is 11.1 Å². The topological polar surface area (TPSA) is 72.9 Å². The highest BCUT2D eigenvalue weighted by molar-refractivity contribution is 5.94. The molecule has 5 nitrogen and oxygen atoms in total. The van der Waals surface area contributed by atoms with E-state index in [4.69, 9.17) is 5.73 Å². The Labute approximate surface area is 112 Å². The van der Waals surface area contributed by atoms with Crippen molar-refractivity contribution in [1.82, 2.24) is 15.1 Å². The molecule has 1 aromatic heterocycles. The summed E-state index contributed by atoms with van der Waals surface area (Å²) in [5.41, 5.74) is 8.16. The Morgan fingerprint density at radius 3 is 2.63 bits per heavy atom. The van der Waals surface area contributed by atoms with Gasteiger partial charge >= 0.3 is 0 Å². The third kappa shape index (κ3) is 3.66. The minimum atomic E-state index is -0.0699. The van der Waals surface area contributed by atoms with Crippen LogP contribution in [0, 0.1) is 0 Å². The highest BCUT2D eigenvalue weighted by Gasteiger charge is 2.05. The Balaban J connectivity index is 1.83. The lowest BCUT2D eigenvalue weighted by atomic mass is 10.1. The van der Waals surface area contributed by atoms with Crippen LogP contribution in [-0.2, 0) is 20.0 Å². The molecule has 1 aromatic carbocycles. The maximum Gasteiger partial charge on any atom is 0.251 e. The molecule has 0 atom stereocenters. The molecule has 5 heteroatoms. The Morgan fingerprint density at radius 1 is 1.32 bits per heavy atom. The lowest BCUT2D eigenvalue weighted by molar-refractivity contribution is 0.0954. The van der Waals surface area contributed by atoms with Crippen LogP contribution in [0.2, 0.25) is 0 Å². The van der Waals surface area contributed by atoms with Gasteiger partial charge in [-0.2, -0.15) is 5.10 Å². The first-order valence-corrected chi connectivity index (χ1v) is 6.25. The van der Waals surface area contributed by atoms with Gasteiger partial charge in [0.15, 0.2) is 0 Å². The van der Waals surface area contributed by atoms with Crippen molar-refractivity contribution >= 4 is 5.91 Å². The van der Waals surface area contributed by atoms with Crippen molar-refractivity contribution in [3.05, 3.63) is 53.3 Å². The molecule has 0 unspecified atom stereocenters. The van der Waals surface area contributed by atoms with Gasteiger partial charge in [-0.25, -0.2) is 0 Å². The normalized spacial score (nSPS) is 10.4. The van der Waals surface area contributed by atoms with Crippen molar-refractivity contribution in [1.29, 1.82) is 0 Å². The molecule has 0 aliphatic carbocycles. The average molecular weight is 258 g/mol. The molecule has 0 aliphatic rings. The fraction of sp³-hybridized carbons (Fsp3) is 0.286. The van der Waals surface area contributed by atoms with E-state index >= 15 is 0 Å². The summed E-state index contributed by atoms with van der Waals surface area (Å²) >= 11 is 0.